The Kier molecular flexibility index (Phi) is 5.69. The van der Waals surface area contributed by atoms with Crippen molar-refractivity contribution in [2.75, 3.05) is 20.8 Å². The number of methoxy groups -OCH3 is 2. The molecule has 0 saturated heterocycles. The van der Waals surface area contributed by atoms with Gasteiger partial charge >= 0.3 is 0 Å². The third-order valence-corrected chi connectivity index (χ3v) is 3.95. The Morgan fingerprint density at radius 3 is 2.38 bits per heavy atom. The maximum Gasteiger partial charge on any atom is 0.0847 e. The van der Waals surface area contributed by atoms with E-state index in [1.807, 2.05) is 0 Å². The third kappa shape index (κ3) is 2.94. The average molecular weight is 230 g/mol. The quantitative estimate of drug-likeness (QED) is 0.513. The molecule has 2 atom stereocenters. The first-order chi connectivity index (χ1) is 7.70. The zero-order chi connectivity index (χ0) is 12.0. The van der Waals surface area contributed by atoms with Gasteiger partial charge in [-0.1, -0.05) is 19.8 Å². The van der Waals surface area contributed by atoms with Gasteiger partial charge in [0, 0.05) is 20.8 Å². The van der Waals surface area contributed by atoms with Gasteiger partial charge in [0.05, 0.1) is 11.6 Å². The van der Waals surface area contributed by atoms with Gasteiger partial charge in [0.25, 0.3) is 0 Å². The molecule has 1 fully saturated rings. The summed E-state index contributed by atoms with van der Waals surface area (Å²) in [5, 5.41) is 0. The molecule has 1 aliphatic carbocycles. The van der Waals surface area contributed by atoms with Crippen LogP contribution in [0.2, 0.25) is 0 Å². The Hall–Kier alpha value is -0.160. The molecule has 0 bridgehead atoms. The predicted molar refractivity (Wildman–Crippen MR) is 65.0 cm³/mol. The van der Waals surface area contributed by atoms with E-state index < -0.39 is 0 Å². The average Bonchev–Trinajstić information content (AvgIpc) is 2.77. The highest BCUT2D eigenvalue weighted by molar-refractivity contribution is 4.98. The Morgan fingerprint density at radius 1 is 1.31 bits per heavy atom. The van der Waals surface area contributed by atoms with Crippen molar-refractivity contribution in [3.05, 3.63) is 0 Å². The summed E-state index contributed by atoms with van der Waals surface area (Å²) >= 11 is 0. The molecule has 1 rings (SSSR count). The Balaban J connectivity index is 2.63. The van der Waals surface area contributed by atoms with Crippen molar-refractivity contribution in [3.8, 4) is 0 Å². The molecule has 1 aliphatic rings. The van der Waals surface area contributed by atoms with Crippen LogP contribution < -0.4 is 11.3 Å². The van der Waals surface area contributed by atoms with Gasteiger partial charge in [-0.15, -0.1) is 0 Å². The van der Waals surface area contributed by atoms with Crippen LogP contribution in [-0.4, -0.2) is 32.5 Å². The molecule has 0 aromatic carbocycles. The van der Waals surface area contributed by atoms with Crippen LogP contribution in [0.25, 0.3) is 0 Å². The topological polar surface area (TPSA) is 56.5 Å². The number of hydrazine groups is 1. The lowest BCUT2D eigenvalue weighted by Gasteiger charge is -2.39. The minimum atomic E-state index is -0.0676. The van der Waals surface area contributed by atoms with Crippen LogP contribution in [0, 0.1) is 5.92 Å². The number of nitrogens with one attached hydrogen (secondary N) is 1. The van der Waals surface area contributed by atoms with Gasteiger partial charge in [-0.25, -0.2) is 0 Å². The van der Waals surface area contributed by atoms with E-state index >= 15 is 0 Å². The molecule has 4 nitrogen and oxygen atoms in total. The fourth-order valence-corrected chi connectivity index (χ4v) is 2.92. The lowest BCUT2D eigenvalue weighted by atomic mass is 9.82. The SMILES string of the molecule is COCCC(C)C(NN)C1(OC)CCCC1. The molecule has 0 aromatic rings. The largest absolute Gasteiger partial charge is 0.385 e. The molecule has 2 unspecified atom stereocenters. The highest BCUT2D eigenvalue weighted by Crippen LogP contribution is 2.38. The summed E-state index contributed by atoms with van der Waals surface area (Å²) in [7, 11) is 3.54. The van der Waals surface area contributed by atoms with Crippen molar-refractivity contribution in [2.24, 2.45) is 11.8 Å². The molecule has 1 saturated carbocycles. The molecule has 4 heteroatoms. The van der Waals surface area contributed by atoms with E-state index in [0.29, 0.717) is 5.92 Å². The van der Waals surface area contributed by atoms with Crippen molar-refractivity contribution in [2.45, 2.75) is 50.7 Å². The van der Waals surface area contributed by atoms with Gasteiger partial charge in [0.15, 0.2) is 0 Å². The number of nitrogens with two attached hydrogens (primary N) is 1. The first kappa shape index (κ1) is 13.9. The maximum absolute atomic E-state index is 5.77. The van der Waals surface area contributed by atoms with Gasteiger partial charge in [-0.3, -0.25) is 11.3 Å². The van der Waals surface area contributed by atoms with Crippen LogP contribution in [0.3, 0.4) is 0 Å². The minimum absolute atomic E-state index is 0.0676. The van der Waals surface area contributed by atoms with E-state index in [1.54, 1.807) is 14.2 Å². The molecule has 0 heterocycles. The standard InChI is InChI=1S/C12H26N2O2/c1-10(6-9-15-2)11(14-13)12(16-3)7-4-5-8-12/h10-11,14H,4-9,13H2,1-3H3. The van der Waals surface area contributed by atoms with Crippen molar-refractivity contribution in [3.63, 3.8) is 0 Å². The lowest BCUT2D eigenvalue weighted by molar-refractivity contribution is -0.0527. The van der Waals surface area contributed by atoms with Crippen LogP contribution in [-0.2, 0) is 9.47 Å². The van der Waals surface area contributed by atoms with E-state index in [-0.39, 0.29) is 11.6 Å². The second kappa shape index (κ2) is 6.55. The summed E-state index contributed by atoms with van der Waals surface area (Å²) in [5.74, 6) is 6.18. The molecule has 0 aliphatic heterocycles. The van der Waals surface area contributed by atoms with Crippen LogP contribution >= 0.6 is 0 Å². The predicted octanol–water partition coefficient (Wildman–Crippen LogP) is 1.45. The first-order valence-electron chi connectivity index (χ1n) is 6.20. The Labute approximate surface area is 98.8 Å². The summed E-state index contributed by atoms with van der Waals surface area (Å²) in [5.41, 5.74) is 2.90. The van der Waals surface area contributed by atoms with E-state index in [4.69, 9.17) is 15.3 Å². The van der Waals surface area contributed by atoms with Crippen LogP contribution in [0.1, 0.15) is 39.0 Å². The summed E-state index contributed by atoms with van der Waals surface area (Å²) in [6.45, 7) is 2.99. The molecule has 0 radical (unpaired) electrons. The fourth-order valence-electron chi connectivity index (χ4n) is 2.92. The van der Waals surface area contributed by atoms with Crippen LogP contribution in [0.4, 0.5) is 0 Å². The summed E-state index contributed by atoms with van der Waals surface area (Å²) in [6.07, 6.45) is 5.70. The van der Waals surface area contributed by atoms with Gasteiger partial charge in [-0.2, -0.15) is 0 Å². The van der Waals surface area contributed by atoms with E-state index in [2.05, 4.69) is 12.3 Å². The summed E-state index contributed by atoms with van der Waals surface area (Å²) in [4.78, 5) is 0. The van der Waals surface area contributed by atoms with E-state index in [9.17, 15) is 0 Å². The van der Waals surface area contributed by atoms with E-state index in [0.717, 1.165) is 25.9 Å². The number of hydrogen-bond donors (Lipinski definition) is 2. The molecular formula is C12H26N2O2. The van der Waals surface area contributed by atoms with Crippen molar-refractivity contribution < 1.29 is 9.47 Å². The number of hydrogen-bond acceptors (Lipinski definition) is 4. The highest BCUT2D eigenvalue weighted by Gasteiger charge is 2.43. The molecule has 0 aromatic heterocycles. The second-order valence-corrected chi connectivity index (χ2v) is 4.88. The van der Waals surface area contributed by atoms with Crippen molar-refractivity contribution in [1.82, 2.24) is 5.43 Å². The Bertz CT molecular complexity index is 193. The minimum Gasteiger partial charge on any atom is -0.385 e. The fraction of sp³-hybridized carbons (Fsp3) is 1.00. The number of rotatable bonds is 7. The van der Waals surface area contributed by atoms with Gasteiger partial charge in [0.2, 0.25) is 0 Å². The summed E-state index contributed by atoms with van der Waals surface area (Å²) < 4.78 is 10.9. The zero-order valence-corrected chi connectivity index (χ0v) is 10.8. The smallest absolute Gasteiger partial charge is 0.0847 e. The van der Waals surface area contributed by atoms with E-state index in [1.165, 1.54) is 12.8 Å². The number of ether oxygens (including phenoxy) is 2. The molecule has 96 valence electrons. The van der Waals surface area contributed by atoms with Crippen LogP contribution in [0.15, 0.2) is 0 Å². The second-order valence-electron chi connectivity index (χ2n) is 4.88. The first-order valence-corrected chi connectivity index (χ1v) is 6.20. The Morgan fingerprint density at radius 2 is 1.94 bits per heavy atom. The highest BCUT2D eigenvalue weighted by atomic mass is 16.5. The maximum atomic E-state index is 5.77. The van der Waals surface area contributed by atoms with Gasteiger partial charge < -0.3 is 9.47 Å². The van der Waals surface area contributed by atoms with Crippen LogP contribution in [0.5, 0.6) is 0 Å². The van der Waals surface area contributed by atoms with Gasteiger partial charge in [-0.05, 0) is 25.2 Å². The monoisotopic (exact) mass is 230 g/mol. The zero-order valence-electron chi connectivity index (χ0n) is 10.8. The normalized spacial score (nSPS) is 23.2. The molecular weight excluding hydrogens is 204 g/mol. The summed E-state index contributed by atoms with van der Waals surface area (Å²) in [6, 6.07) is 0.218. The molecule has 0 spiro atoms. The third-order valence-electron chi connectivity index (χ3n) is 3.95. The molecule has 16 heavy (non-hydrogen) atoms. The van der Waals surface area contributed by atoms with Crippen molar-refractivity contribution in [1.29, 1.82) is 0 Å². The van der Waals surface area contributed by atoms with Gasteiger partial charge in [0.1, 0.15) is 0 Å². The lowest BCUT2D eigenvalue weighted by Crippen LogP contribution is -2.56. The molecule has 0 amide bonds. The molecule has 3 N–H and O–H groups in total. The van der Waals surface area contributed by atoms with Crippen molar-refractivity contribution >= 4 is 0 Å².